The Hall–Kier alpha value is -3.59. The van der Waals surface area contributed by atoms with E-state index in [0.29, 0.717) is 37.4 Å². The maximum absolute atomic E-state index is 14.4. The molecule has 0 bridgehead atoms. The molecule has 2 aromatic carbocycles. The number of benzene rings is 2. The van der Waals surface area contributed by atoms with E-state index in [2.05, 4.69) is 20.9 Å². The zero-order chi connectivity index (χ0) is 28.6. The number of carbonyl (C=O) groups excluding carboxylic acids is 2. The molecule has 5 rings (SSSR count). The van der Waals surface area contributed by atoms with Crippen LogP contribution in [0, 0.1) is 12.8 Å². The van der Waals surface area contributed by atoms with Crippen molar-refractivity contribution < 1.29 is 19.1 Å². The van der Waals surface area contributed by atoms with Gasteiger partial charge in [-0.15, -0.1) is 0 Å². The summed E-state index contributed by atoms with van der Waals surface area (Å²) >= 11 is 3.66. The summed E-state index contributed by atoms with van der Waals surface area (Å²) in [5, 5.41) is 0. The molecule has 1 saturated heterocycles. The molecule has 0 N–H and O–H groups in total. The van der Waals surface area contributed by atoms with Crippen molar-refractivity contribution in [1.82, 2.24) is 9.88 Å². The van der Waals surface area contributed by atoms with Crippen LogP contribution in [0.5, 0.6) is 11.5 Å². The summed E-state index contributed by atoms with van der Waals surface area (Å²) in [4.78, 5) is 38.3. The molecule has 1 aromatic heterocycles. The molecule has 0 saturated carbocycles. The summed E-state index contributed by atoms with van der Waals surface area (Å²) in [6, 6.07) is 13.1. The number of hydrogen-bond acceptors (Lipinski definition) is 6. The smallest absolute Gasteiger partial charge is 0.228 e. The lowest BCUT2D eigenvalue weighted by atomic mass is 9.82. The van der Waals surface area contributed by atoms with Crippen molar-refractivity contribution in [3.63, 3.8) is 0 Å². The SMILES string of the molecule is COc1ccc(C2C(C(=O)N3CCc4c(Br)cnc(N(C)C)c4C3)CCC(=O)N2c2ccc(C)cc2)cc1OC. The van der Waals surface area contributed by atoms with E-state index in [1.54, 1.807) is 19.1 Å². The number of anilines is 2. The van der Waals surface area contributed by atoms with Crippen molar-refractivity contribution in [3.8, 4) is 11.5 Å². The van der Waals surface area contributed by atoms with E-state index < -0.39 is 12.0 Å². The first kappa shape index (κ1) is 28.0. The van der Waals surface area contributed by atoms with Crippen LogP contribution in [-0.2, 0) is 22.6 Å². The topological polar surface area (TPSA) is 75.2 Å². The Kier molecular flexibility index (Phi) is 8.03. The van der Waals surface area contributed by atoms with Gasteiger partial charge in [0.2, 0.25) is 11.8 Å². The van der Waals surface area contributed by atoms with Gasteiger partial charge in [-0.25, -0.2) is 4.98 Å². The highest BCUT2D eigenvalue weighted by Crippen LogP contribution is 2.44. The predicted octanol–water partition coefficient (Wildman–Crippen LogP) is 5.30. The molecule has 210 valence electrons. The Labute approximate surface area is 244 Å². The maximum atomic E-state index is 14.4. The lowest BCUT2D eigenvalue weighted by Crippen LogP contribution is -2.50. The molecule has 2 unspecified atom stereocenters. The van der Waals surface area contributed by atoms with Crippen LogP contribution < -0.4 is 19.3 Å². The van der Waals surface area contributed by atoms with E-state index in [-0.39, 0.29) is 11.8 Å². The summed E-state index contributed by atoms with van der Waals surface area (Å²) in [5.41, 5.74) is 4.97. The van der Waals surface area contributed by atoms with Crippen molar-refractivity contribution in [2.45, 2.75) is 38.8 Å². The average Bonchev–Trinajstić information content (AvgIpc) is 2.96. The van der Waals surface area contributed by atoms with Gasteiger partial charge >= 0.3 is 0 Å². The summed E-state index contributed by atoms with van der Waals surface area (Å²) in [6.07, 6.45) is 3.35. The quantitative estimate of drug-likeness (QED) is 0.379. The minimum Gasteiger partial charge on any atom is -0.493 e. The molecule has 2 atom stereocenters. The third-order valence-electron chi connectivity index (χ3n) is 7.91. The van der Waals surface area contributed by atoms with Crippen molar-refractivity contribution >= 4 is 39.2 Å². The Bertz CT molecular complexity index is 1430. The number of piperidine rings is 1. The molecule has 2 aliphatic heterocycles. The van der Waals surface area contributed by atoms with Crippen LogP contribution in [0.15, 0.2) is 53.1 Å². The monoisotopic (exact) mass is 606 g/mol. The fourth-order valence-corrected chi connectivity index (χ4v) is 6.43. The van der Waals surface area contributed by atoms with Gasteiger partial charge in [0.1, 0.15) is 5.82 Å². The number of amides is 2. The van der Waals surface area contributed by atoms with E-state index >= 15 is 0 Å². The van der Waals surface area contributed by atoms with Crippen LogP contribution >= 0.6 is 15.9 Å². The van der Waals surface area contributed by atoms with E-state index in [0.717, 1.165) is 39.1 Å². The lowest BCUT2D eigenvalue weighted by Gasteiger charge is -2.43. The number of pyridine rings is 1. The van der Waals surface area contributed by atoms with Crippen LogP contribution in [0.1, 0.15) is 41.1 Å². The van der Waals surface area contributed by atoms with Crippen molar-refractivity contribution in [2.24, 2.45) is 5.92 Å². The molecule has 8 nitrogen and oxygen atoms in total. The third kappa shape index (κ3) is 5.14. The van der Waals surface area contributed by atoms with E-state index in [4.69, 9.17) is 9.47 Å². The first-order chi connectivity index (χ1) is 19.2. The molecule has 2 aliphatic rings. The van der Waals surface area contributed by atoms with Gasteiger partial charge in [-0.3, -0.25) is 9.59 Å². The zero-order valence-electron chi connectivity index (χ0n) is 23.6. The first-order valence-corrected chi connectivity index (χ1v) is 14.3. The molecule has 0 spiro atoms. The molecule has 3 heterocycles. The molecular weight excluding hydrogens is 572 g/mol. The Morgan fingerprint density at radius 3 is 2.42 bits per heavy atom. The standard InChI is InChI=1S/C31H35BrN4O4/c1-19-6-9-21(10-7-19)36-28(37)13-11-23(29(36)20-8-12-26(39-4)27(16-20)40-5)31(38)35-15-14-22-24(18-35)30(34(2)3)33-17-25(22)32/h6-10,12,16-17,23,29H,11,13-15,18H2,1-5H3. The van der Waals surface area contributed by atoms with Gasteiger partial charge in [0, 0.05) is 55.5 Å². The minimum atomic E-state index is -0.494. The number of aromatic nitrogens is 1. The molecule has 0 aliphatic carbocycles. The van der Waals surface area contributed by atoms with Gasteiger partial charge in [0.25, 0.3) is 0 Å². The van der Waals surface area contributed by atoms with Gasteiger partial charge in [-0.2, -0.15) is 0 Å². The number of fused-ring (bicyclic) bond motifs is 1. The largest absolute Gasteiger partial charge is 0.493 e. The number of ether oxygens (including phenoxy) is 2. The highest BCUT2D eigenvalue weighted by atomic mass is 79.9. The number of carbonyl (C=O) groups is 2. The minimum absolute atomic E-state index is 0.000276. The predicted molar refractivity (Wildman–Crippen MR) is 159 cm³/mol. The summed E-state index contributed by atoms with van der Waals surface area (Å²) in [7, 11) is 7.12. The van der Waals surface area contributed by atoms with Gasteiger partial charge in [0.05, 0.1) is 26.2 Å². The fraction of sp³-hybridized carbons (Fsp3) is 0.387. The number of nitrogens with zero attached hydrogens (tertiary/aromatic N) is 4. The van der Waals surface area contributed by atoms with Crippen LogP contribution in [0.2, 0.25) is 0 Å². The second kappa shape index (κ2) is 11.5. The van der Waals surface area contributed by atoms with Gasteiger partial charge in [0.15, 0.2) is 11.5 Å². The highest BCUT2D eigenvalue weighted by Gasteiger charge is 2.44. The zero-order valence-corrected chi connectivity index (χ0v) is 25.2. The second-order valence-corrected chi connectivity index (χ2v) is 11.4. The molecule has 9 heteroatoms. The molecule has 0 radical (unpaired) electrons. The van der Waals surface area contributed by atoms with Crippen molar-refractivity contribution in [1.29, 1.82) is 0 Å². The molecule has 3 aromatic rings. The summed E-state index contributed by atoms with van der Waals surface area (Å²) < 4.78 is 12.1. The van der Waals surface area contributed by atoms with E-state index in [9.17, 15) is 9.59 Å². The maximum Gasteiger partial charge on any atom is 0.228 e. The average molecular weight is 608 g/mol. The Morgan fingerprint density at radius 1 is 1.02 bits per heavy atom. The normalized spacial score (nSPS) is 18.8. The van der Waals surface area contributed by atoms with Crippen LogP contribution in [0.25, 0.3) is 0 Å². The molecular formula is C31H35BrN4O4. The molecule has 2 amide bonds. The number of hydrogen-bond donors (Lipinski definition) is 0. The van der Waals surface area contributed by atoms with Crippen molar-refractivity contribution in [3.05, 3.63) is 75.4 Å². The molecule has 40 heavy (non-hydrogen) atoms. The van der Waals surface area contributed by atoms with E-state index in [1.165, 1.54) is 5.56 Å². The van der Waals surface area contributed by atoms with Gasteiger partial charge in [-0.1, -0.05) is 23.8 Å². The fourth-order valence-electron chi connectivity index (χ4n) is 5.89. The first-order valence-electron chi connectivity index (χ1n) is 13.5. The Morgan fingerprint density at radius 2 is 1.75 bits per heavy atom. The van der Waals surface area contributed by atoms with E-state index in [1.807, 2.05) is 79.5 Å². The Balaban J connectivity index is 1.57. The second-order valence-electron chi connectivity index (χ2n) is 10.6. The lowest BCUT2D eigenvalue weighted by molar-refractivity contribution is -0.139. The number of aryl methyl sites for hydroxylation is 1. The summed E-state index contributed by atoms with van der Waals surface area (Å²) in [5.74, 6) is 1.64. The van der Waals surface area contributed by atoms with Crippen LogP contribution in [0.3, 0.4) is 0 Å². The molecule has 1 fully saturated rings. The van der Waals surface area contributed by atoms with Crippen LogP contribution in [0.4, 0.5) is 11.5 Å². The summed E-state index contributed by atoms with van der Waals surface area (Å²) in [6.45, 7) is 3.10. The van der Waals surface area contributed by atoms with Crippen LogP contribution in [-0.4, -0.2) is 56.6 Å². The number of rotatable bonds is 6. The van der Waals surface area contributed by atoms with Crippen molar-refractivity contribution in [2.75, 3.05) is 44.7 Å². The number of halogens is 1. The highest BCUT2D eigenvalue weighted by molar-refractivity contribution is 9.10. The van der Waals surface area contributed by atoms with Gasteiger partial charge in [-0.05, 0) is 71.1 Å². The number of methoxy groups -OCH3 is 2. The third-order valence-corrected chi connectivity index (χ3v) is 8.60. The van der Waals surface area contributed by atoms with Gasteiger partial charge < -0.3 is 24.2 Å².